The first kappa shape index (κ1) is 41.1. The van der Waals surface area contributed by atoms with Gasteiger partial charge < -0.3 is 24.0 Å². The van der Waals surface area contributed by atoms with E-state index in [1.807, 2.05) is 55.3 Å². The molecule has 0 aliphatic rings. The zero-order valence-electron chi connectivity index (χ0n) is 32.1. The van der Waals surface area contributed by atoms with Crippen LogP contribution in [0, 0.1) is 0 Å². The van der Waals surface area contributed by atoms with Crippen LogP contribution in [0.5, 0.6) is 11.5 Å². The van der Waals surface area contributed by atoms with E-state index in [-0.39, 0.29) is 12.4 Å². The molecule has 0 saturated carbocycles. The maximum Gasteiger partial charge on any atom is 0.338 e. The average Bonchev–Trinajstić information content (AvgIpc) is 3.16. The highest BCUT2D eigenvalue weighted by atomic mass is 16.5. The lowest BCUT2D eigenvalue weighted by atomic mass is 10.1. The van der Waals surface area contributed by atoms with Crippen molar-refractivity contribution < 1.29 is 23.8 Å². The second-order valence-corrected chi connectivity index (χ2v) is 12.7. The number of esters is 1. The Morgan fingerprint density at radius 2 is 1.33 bits per heavy atom. The first-order valence-corrected chi connectivity index (χ1v) is 18.1. The number of carbonyl (C=O) groups is 2. The number of Topliss-reactive ketones (excluding diaryl/α,β-unsaturated/α-hetero) is 1. The Bertz CT molecular complexity index is 1720. The van der Waals surface area contributed by atoms with Crippen molar-refractivity contribution in [3.05, 3.63) is 131 Å². The number of ether oxygens (including phenoxy) is 3. The maximum absolute atomic E-state index is 12.4. The summed E-state index contributed by atoms with van der Waals surface area (Å²) in [6.07, 6.45) is 18.7. The lowest BCUT2D eigenvalue weighted by Gasteiger charge is -2.24. The number of ketones is 1. The third-order valence-corrected chi connectivity index (χ3v) is 8.74. The molecule has 0 aromatic heterocycles. The number of nitrogens with zero attached hydrogens (tertiary/aromatic N) is 2. The summed E-state index contributed by atoms with van der Waals surface area (Å²) < 4.78 is 17.0. The minimum absolute atomic E-state index is 0.0490. The molecule has 0 saturated heterocycles. The lowest BCUT2D eigenvalue weighted by Crippen LogP contribution is -2.25. The van der Waals surface area contributed by atoms with E-state index in [1.54, 1.807) is 44.6 Å². The third kappa shape index (κ3) is 12.8. The summed E-state index contributed by atoms with van der Waals surface area (Å²) in [6.45, 7) is 14.8. The molecule has 52 heavy (non-hydrogen) atoms. The van der Waals surface area contributed by atoms with Gasteiger partial charge in [-0.25, -0.2) is 4.79 Å². The topological polar surface area (TPSA) is 68.3 Å². The normalized spacial score (nSPS) is 11.9. The standard InChI is InChI=1S/C45H56N2O5/c1-9-12-28-47(29-13-10-2)42-26-17-36(18-27-42)16-20-40-33-43(50-7)39(32-44(40)51-8)19-14-34(4)15-25-41(11-3)46(6)30-31-52-45(49)38-23-21-37(22-24-38)35(5)48/h11,14-27,32-33H,3,9-10,12-13,28-31H2,1-2,4-8H3/b19-14+,20-16+,34-15+,41-25+. The molecule has 0 aliphatic carbocycles. The molecule has 0 bridgehead atoms. The fourth-order valence-electron chi connectivity index (χ4n) is 5.43. The van der Waals surface area contributed by atoms with Crippen LogP contribution in [0.25, 0.3) is 18.2 Å². The summed E-state index contributed by atoms with van der Waals surface area (Å²) in [6, 6.07) is 19.2. The second kappa shape index (κ2) is 21.8. The smallest absolute Gasteiger partial charge is 0.338 e. The van der Waals surface area contributed by atoms with Crippen LogP contribution in [-0.4, -0.2) is 64.2 Å². The molecule has 0 aliphatic heterocycles. The van der Waals surface area contributed by atoms with Gasteiger partial charge in [-0.2, -0.15) is 0 Å². The number of carbonyl (C=O) groups excluding carboxylic acids is 2. The molecular weight excluding hydrogens is 649 g/mol. The maximum atomic E-state index is 12.4. The Labute approximate surface area is 311 Å². The van der Waals surface area contributed by atoms with E-state index in [4.69, 9.17) is 14.2 Å². The van der Waals surface area contributed by atoms with Gasteiger partial charge in [-0.3, -0.25) is 4.79 Å². The quantitative estimate of drug-likeness (QED) is 0.0473. The Balaban J connectivity index is 1.65. The molecular formula is C45H56N2O5. The molecule has 0 radical (unpaired) electrons. The van der Waals surface area contributed by atoms with E-state index < -0.39 is 5.97 Å². The molecule has 7 heteroatoms. The van der Waals surface area contributed by atoms with Crippen molar-refractivity contribution in [3.63, 3.8) is 0 Å². The van der Waals surface area contributed by atoms with Gasteiger partial charge in [0.2, 0.25) is 0 Å². The molecule has 0 unspecified atom stereocenters. The van der Waals surface area contributed by atoms with Crippen LogP contribution >= 0.6 is 0 Å². The second-order valence-electron chi connectivity index (χ2n) is 12.7. The largest absolute Gasteiger partial charge is 0.496 e. The molecule has 0 spiro atoms. The monoisotopic (exact) mass is 704 g/mol. The van der Waals surface area contributed by atoms with Crippen molar-refractivity contribution in [2.75, 3.05) is 52.4 Å². The molecule has 0 atom stereocenters. The van der Waals surface area contributed by atoms with E-state index in [0.29, 0.717) is 17.7 Å². The third-order valence-electron chi connectivity index (χ3n) is 8.74. The molecule has 3 aromatic carbocycles. The van der Waals surface area contributed by atoms with Gasteiger partial charge in [0.15, 0.2) is 5.78 Å². The van der Waals surface area contributed by atoms with Crippen molar-refractivity contribution in [2.24, 2.45) is 0 Å². The Kier molecular flexibility index (Phi) is 17.3. The number of benzene rings is 3. The van der Waals surface area contributed by atoms with E-state index in [1.165, 1.54) is 38.3 Å². The van der Waals surface area contributed by atoms with E-state index in [2.05, 4.69) is 61.7 Å². The zero-order chi connectivity index (χ0) is 37.9. The molecule has 276 valence electrons. The number of hydrogen-bond acceptors (Lipinski definition) is 7. The summed E-state index contributed by atoms with van der Waals surface area (Å²) >= 11 is 0. The van der Waals surface area contributed by atoms with E-state index in [0.717, 1.165) is 52.5 Å². The highest BCUT2D eigenvalue weighted by molar-refractivity contribution is 5.96. The van der Waals surface area contributed by atoms with Crippen LogP contribution in [0.2, 0.25) is 0 Å². The van der Waals surface area contributed by atoms with Gasteiger partial charge in [0.1, 0.15) is 18.1 Å². The molecule has 3 rings (SSSR count). The van der Waals surface area contributed by atoms with Crippen LogP contribution in [0.1, 0.15) is 90.8 Å². The van der Waals surface area contributed by atoms with Crippen molar-refractivity contribution in [3.8, 4) is 11.5 Å². The van der Waals surface area contributed by atoms with Gasteiger partial charge in [0.25, 0.3) is 0 Å². The predicted molar refractivity (Wildman–Crippen MR) is 217 cm³/mol. The van der Waals surface area contributed by atoms with Gasteiger partial charge in [-0.15, -0.1) is 0 Å². The van der Waals surface area contributed by atoms with Crippen LogP contribution in [0.3, 0.4) is 0 Å². The highest BCUT2D eigenvalue weighted by Crippen LogP contribution is 2.32. The molecule has 7 nitrogen and oxygen atoms in total. The number of rotatable bonds is 21. The number of allylic oxidation sites excluding steroid dienone is 5. The Hall–Kier alpha value is -5.30. The van der Waals surface area contributed by atoms with Crippen LogP contribution in [0.15, 0.2) is 103 Å². The van der Waals surface area contributed by atoms with Gasteiger partial charge in [0, 0.05) is 48.2 Å². The van der Waals surface area contributed by atoms with Crippen LogP contribution < -0.4 is 14.4 Å². The van der Waals surface area contributed by atoms with Crippen molar-refractivity contribution >= 4 is 35.7 Å². The summed E-state index contributed by atoms with van der Waals surface area (Å²) in [4.78, 5) is 28.4. The predicted octanol–water partition coefficient (Wildman–Crippen LogP) is 10.3. The SMILES string of the molecule is C=C\C(=C/C=C(C)/C=C/c1cc(OC)c(/C=C/c2ccc(N(CCCC)CCCC)cc2)cc1OC)N(C)CCOC(=O)c1ccc(C(C)=O)cc1. The number of unbranched alkanes of at least 4 members (excludes halogenated alkanes) is 2. The minimum atomic E-state index is -0.429. The van der Waals surface area contributed by atoms with Crippen LogP contribution in [-0.2, 0) is 4.74 Å². The number of anilines is 1. The molecule has 0 N–H and O–H groups in total. The van der Waals surface area contributed by atoms with Crippen molar-refractivity contribution in [1.29, 1.82) is 0 Å². The van der Waals surface area contributed by atoms with E-state index in [9.17, 15) is 9.59 Å². The average molecular weight is 705 g/mol. The Morgan fingerprint density at radius 1 is 0.750 bits per heavy atom. The summed E-state index contributed by atoms with van der Waals surface area (Å²) in [5.74, 6) is 1.02. The molecule has 0 amide bonds. The minimum Gasteiger partial charge on any atom is -0.496 e. The van der Waals surface area contributed by atoms with Gasteiger partial charge >= 0.3 is 5.97 Å². The van der Waals surface area contributed by atoms with Crippen LogP contribution in [0.4, 0.5) is 5.69 Å². The fourth-order valence-corrected chi connectivity index (χ4v) is 5.43. The van der Waals surface area contributed by atoms with E-state index >= 15 is 0 Å². The van der Waals surface area contributed by atoms with Crippen molar-refractivity contribution in [2.45, 2.75) is 53.4 Å². The Morgan fingerprint density at radius 3 is 1.87 bits per heavy atom. The summed E-state index contributed by atoms with van der Waals surface area (Å²) in [5.41, 5.74) is 7.08. The molecule has 0 heterocycles. The molecule has 0 fully saturated rings. The molecule has 3 aromatic rings. The van der Waals surface area contributed by atoms with Gasteiger partial charge in [-0.1, -0.05) is 93.5 Å². The zero-order valence-corrected chi connectivity index (χ0v) is 32.1. The number of methoxy groups -OCH3 is 2. The van der Waals surface area contributed by atoms with Crippen molar-refractivity contribution in [1.82, 2.24) is 4.90 Å². The fraction of sp³-hybridized carbons (Fsp3) is 0.333. The first-order chi connectivity index (χ1) is 25.1. The van der Waals surface area contributed by atoms with Gasteiger partial charge in [0.05, 0.1) is 26.3 Å². The highest BCUT2D eigenvalue weighted by Gasteiger charge is 2.11. The number of likely N-dealkylation sites (N-methyl/N-ethyl adjacent to an activating group) is 1. The lowest BCUT2D eigenvalue weighted by molar-refractivity contribution is 0.0484. The summed E-state index contributed by atoms with van der Waals surface area (Å²) in [5, 5.41) is 0. The van der Waals surface area contributed by atoms with Gasteiger partial charge in [-0.05, 0) is 80.8 Å². The first-order valence-electron chi connectivity index (χ1n) is 18.1. The number of hydrogen-bond donors (Lipinski definition) is 0. The summed E-state index contributed by atoms with van der Waals surface area (Å²) in [7, 11) is 5.27.